The molecule has 0 spiro atoms. The van der Waals surface area contributed by atoms with E-state index in [0.717, 1.165) is 6.07 Å². The van der Waals surface area contributed by atoms with Gasteiger partial charge in [0.15, 0.2) is 6.29 Å². The lowest BCUT2D eigenvalue weighted by molar-refractivity contribution is -0.274. The summed E-state index contributed by atoms with van der Waals surface area (Å²) in [5.74, 6) is -0.943. The number of aldehydes is 1. The lowest BCUT2D eigenvalue weighted by atomic mass is 10.2. The summed E-state index contributed by atoms with van der Waals surface area (Å²) in [6.07, 6.45) is -4.73. The van der Waals surface area contributed by atoms with Crippen molar-refractivity contribution in [3.05, 3.63) is 17.3 Å². The van der Waals surface area contributed by atoms with Crippen molar-refractivity contribution in [3.63, 3.8) is 0 Å². The molecule has 94 valence electrons. The van der Waals surface area contributed by atoms with Crippen LogP contribution in [0.5, 0.6) is 11.6 Å². The van der Waals surface area contributed by atoms with E-state index in [1.165, 1.54) is 7.11 Å². The van der Waals surface area contributed by atoms with Crippen LogP contribution in [-0.4, -0.2) is 24.7 Å². The molecule has 0 saturated carbocycles. The van der Waals surface area contributed by atoms with E-state index in [-0.39, 0.29) is 24.4 Å². The molecule has 0 aliphatic carbocycles. The molecule has 0 atom stereocenters. The number of nitrogens with zero attached hydrogens (tertiary/aromatic N) is 1. The van der Waals surface area contributed by atoms with E-state index < -0.39 is 17.7 Å². The molecular formula is C9H9F3N2O3. The fourth-order valence-electron chi connectivity index (χ4n) is 1.14. The molecule has 0 aliphatic rings. The van der Waals surface area contributed by atoms with Crippen LogP contribution in [0.15, 0.2) is 6.07 Å². The summed E-state index contributed by atoms with van der Waals surface area (Å²) in [6, 6.07) is 0.944. The van der Waals surface area contributed by atoms with E-state index >= 15 is 0 Å². The van der Waals surface area contributed by atoms with Gasteiger partial charge in [0.2, 0.25) is 5.88 Å². The molecule has 0 aliphatic heterocycles. The Morgan fingerprint density at radius 2 is 2.18 bits per heavy atom. The van der Waals surface area contributed by atoms with Crippen LogP contribution in [0.25, 0.3) is 0 Å². The smallest absolute Gasteiger partial charge is 0.480 e. The van der Waals surface area contributed by atoms with Crippen LogP contribution in [0.4, 0.5) is 13.2 Å². The first-order valence-electron chi connectivity index (χ1n) is 4.40. The molecule has 1 aromatic rings. The highest BCUT2D eigenvalue weighted by atomic mass is 19.4. The molecule has 17 heavy (non-hydrogen) atoms. The van der Waals surface area contributed by atoms with Gasteiger partial charge in [-0.25, -0.2) is 4.98 Å². The van der Waals surface area contributed by atoms with Crippen molar-refractivity contribution < 1.29 is 27.4 Å². The number of aromatic nitrogens is 1. The second-order valence-corrected chi connectivity index (χ2v) is 2.90. The van der Waals surface area contributed by atoms with Crippen molar-refractivity contribution in [1.82, 2.24) is 4.98 Å². The molecule has 0 radical (unpaired) electrons. The fraction of sp³-hybridized carbons (Fsp3) is 0.333. The standard InChI is InChI=1S/C9H9F3N2O3/c1-16-8-6(4-15)7(17-9(10,11)12)2-5(3-13)14-8/h2,4H,3,13H2,1H3. The average Bonchev–Trinajstić information content (AvgIpc) is 2.25. The van der Waals surface area contributed by atoms with E-state index in [1.807, 2.05) is 0 Å². The van der Waals surface area contributed by atoms with Crippen molar-refractivity contribution in [2.75, 3.05) is 7.11 Å². The van der Waals surface area contributed by atoms with Gasteiger partial charge in [-0.05, 0) is 0 Å². The number of hydrogen-bond donors (Lipinski definition) is 1. The van der Waals surface area contributed by atoms with Crippen LogP contribution in [-0.2, 0) is 6.54 Å². The Labute approximate surface area is 94.3 Å². The molecule has 1 heterocycles. The quantitative estimate of drug-likeness (QED) is 0.814. The van der Waals surface area contributed by atoms with Crippen molar-refractivity contribution in [2.24, 2.45) is 5.73 Å². The van der Waals surface area contributed by atoms with Gasteiger partial charge in [-0.3, -0.25) is 4.79 Å². The highest BCUT2D eigenvalue weighted by Gasteiger charge is 2.33. The first kappa shape index (κ1) is 13.2. The van der Waals surface area contributed by atoms with Gasteiger partial charge >= 0.3 is 6.36 Å². The molecule has 2 N–H and O–H groups in total. The summed E-state index contributed by atoms with van der Waals surface area (Å²) >= 11 is 0. The summed E-state index contributed by atoms with van der Waals surface area (Å²) in [4.78, 5) is 14.4. The number of halogens is 3. The third-order valence-electron chi connectivity index (χ3n) is 1.78. The van der Waals surface area contributed by atoms with Gasteiger partial charge in [-0.15, -0.1) is 13.2 Å². The van der Waals surface area contributed by atoms with Gasteiger partial charge in [0.05, 0.1) is 12.8 Å². The molecule has 0 bridgehead atoms. The summed E-state index contributed by atoms with van der Waals surface area (Å²) in [5, 5.41) is 0. The highest BCUT2D eigenvalue weighted by molar-refractivity contribution is 5.82. The molecule has 8 heteroatoms. The monoisotopic (exact) mass is 250 g/mol. The van der Waals surface area contributed by atoms with Crippen LogP contribution in [0.2, 0.25) is 0 Å². The maximum absolute atomic E-state index is 12.1. The Hall–Kier alpha value is -1.83. The molecule has 1 rings (SSSR count). The fourth-order valence-corrected chi connectivity index (χ4v) is 1.14. The van der Waals surface area contributed by atoms with Crippen LogP contribution >= 0.6 is 0 Å². The zero-order chi connectivity index (χ0) is 13.1. The number of methoxy groups -OCH3 is 1. The average molecular weight is 250 g/mol. The number of rotatable bonds is 4. The van der Waals surface area contributed by atoms with Gasteiger partial charge in [-0.1, -0.05) is 0 Å². The summed E-state index contributed by atoms with van der Waals surface area (Å²) in [5.41, 5.74) is 4.96. The van der Waals surface area contributed by atoms with E-state index in [1.54, 1.807) is 0 Å². The molecule has 0 aromatic carbocycles. The topological polar surface area (TPSA) is 74.4 Å². The van der Waals surface area contributed by atoms with E-state index in [4.69, 9.17) is 5.73 Å². The zero-order valence-corrected chi connectivity index (χ0v) is 8.75. The number of carbonyl (C=O) groups is 1. The molecular weight excluding hydrogens is 241 g/mol. The van der Waals surface area contributed by atoms with Crippen molar-refractivity contribution in [3.8, 4) is 11.6 Å². The summed E-state index contributed by atoms with van der Waals surface area (Å²) < 4.78 is 44.7. The maximum Gasteiger partial charge on any atom is 0.573 e. The molecule has 0 unspecified atom stereocenters. The van der Waals surface area contributed by atoms with Gasteiger partial charge in [-0.2, -0.15) is 0 Å². The number of alkyl halides is 3. The maximum atomic E-state index is 12.1. The summed E-state index contributed by atoms with van der Waals surface area (Å²) in [7, 11) is 1.17. The van der Waals surface area contributed by atoms with Crippen molar-refractivity contribution >= 4 is 6.29 Å². The molecule has 1 aromatic heterocycles. The SMILES string of the molecule is COc1nc(CN)cc(OC(F)(F)F)c1C=O. The predicted molar refractivity (Wildman–Crippen MR) is 50.8 cm³/mol. The van der Waals surface area contributed by atoms with Crippen LogP contribution < -0.4 is 15.2 Å². The Kier molecular flexibility index (Phi) is 3.89. The van der Waals surface area contributed by atoms with Crippen molar-refractivity contribution in [1.29, 1.82) is 0 Å². The van der Waals surface area contributed by atoms with Crippen molar-refractivity contribution in [2.45, 2.75) is 12.9 Å². The van der Waals surface area contributed by atoms with Gasteiger partial charge in [0.1, 0.15) is 11.3 Å². The number of nitrogens with two attached hydrogens (primary N) is 1. The summed E-state index contributed by atoms with van der Waals surface area (Å²) in [6.45, 7) is -0.107. The number of ether oxygens (including phenoxy) is 2. The normalized spacial score (nSPS) is 11.1. The van der Waals surface area contributed by atoms with Gasteiger partial charge < -0.3 is 15.2 Å². The Balaban J connectivity index is 3.29. The lowest BCUT2D eigenvalue weighted by Crippen LogP contribution is -2.19. The third-order valence-corrected chi connectivity index (χ3v) is 1.78. The van der Waals surface area contributed by atoms with Crippen LogP contribution in [0.1, 0.15) is 16.1 Å². The zero-order valence-electron chi connectivity index (χ0n) is 8.75. The van der Waals surface area contributed by atoms with E-state index in [0.29, 0.717) is 0 Å². The first-order valence-corrected chi connectivity index (χ1v) is 4.40. The second kappa shape index (κ2) is 5.00. The highest BCUT2D eigenvalue weighted by Crippen LogP contribution is 2.30. The first-order chi connectivity index (χ1) is 7.91. The Bertz CT molecular complexity index is 421. The number of carbonyl (C=O) groups excluding carboxylic acids is 1. The van der Waals surface area contributed by atoms with E-state index in [9.17, 15) is 18.0 Å². The van der Waals surface area contributed by atoms with E-state index in [2.05, 4.69) is 14.5 Å². The minimum Gasteiger partial charge on any atom is -0.480 e. The molecule has 5 nitrogen and oxygen atoms in total. The predicted octanol–water partition coefficient (Wildman–Crippen LogP) is 1.26. The molecule has 0 saturated heterocycles. The largest absolute Gasteiger partial charge is 0.573 e. The van der Waals surface area contributed by atoms with Crippen LogP contribution in [0.3, 0.4) is 0 Å². The molecule has 0 amide bonds. The van der Waals surface area contributed by atoms with Crippen LogP contribution in [0, 0.1) is 0 Å². The number of hydrogen-bond acceptors (Lipinski definition) is 5. The third kappa shape index (κ3) is 3.31. The minimum absolute atomic E-state index is 0.107. The number of pyridine rings is 1. The molecule has 0 fully saturated rings. The Morgan fingerprint density at radius 1 is 1.53 bits per heavy atom. The van der Waals surface area contributed by atoms with Gasteiger partial charge in [0.25, 0.3) is 0 Å². The minimum atomic E-state index is -4.91. The second-order valence-electron chi connectivity index (χ2n) is 2.90. The lowest BCUT2D eigenvalue weighted by Gasteiger charge is -2.13. The van der Waals surface area contributed by atoms with Gasteiger partial charge in [0, 0.05) is 12.6 Å². The Morgan fingerprint density at radius 3 is 2.59 bits per heavy atom.